The third kappa shape index (κ3) is 5.64. The second kappa shape index (κ2) is 7.84. The van der Waals surface area contributed by atoms with E-state index in [0.29, 0.717) is 18.5 Å². The predicted octanol–water partition coefficient (Wildman–Crippen LogP) is 2.80. The van der Waals surface area contributed by atoms with Crippen LogP contribution in [0.25, 0.3) is 0 Å². The standard InChI is InChI=1S/C18H35N3O2/c1-14-8-5-6-10-18(14,21-12-15-9-7-11-19-15)13-20-16(22)23-17(2,3)4/h14-15,19,21H,5-13H2,1-4H3,(H,20,22). The van der Waals surface area contributed by atoms with Crippen LogP contribution < -0.4 is 16.0 Å². The summed E-state index contributed by atoms with van der Waals surface area (Å²) in [5.74, 6) is 0.563. The molecule has 5 nitrogen and oxygen atoms in total. The summed E-state index contributed by atoms with van der Waals surface area (Å²) in [5.41, 5.74) is -0.448. The van der Waals surface area contributed by atoms with E-state index in [-0.39, 0.29) is 11.6 Å². The van der Waals surface area contributed by atoms with Crippen molar-refractivity contribution < 1.29 is 9.53 Å². The number of ether oxygens (including phenoxy) is 1. The maximum atomic E-state index is 12.0. The van der Waals surface area contributed by atoms with Gasteiger partial charge in [-0.3, -0.25) is 0 Å². The Bertz CT molecular complexity index is 388. The van der Waals surface area contributed by atoms with Gasteiger partial charge in [-0.15, -0.1) is 0 Å². The summed E-state index contributed by atoms with van der Waals surface area (Å²) >= 11 is 0. The Labute approximate surface area is 141 Å². The van der Waals surface area contributed by atoms with Gasteiger partial charge in [-0.25, -0.2) is 4.79 Å². The summed E-state index contributed by atoms with van der Waals surface area (Å²) in [6.45, 7) is 10.8. The molecule has 1 heterocycles. The van der Waals surface area contributed by atoms with Crippen LogP contribution in [-0.2, 0) is 4.74 Å². The minimum Gasteiger partial charge on any atom is -0.444 e. The molecule has 2 aliphatic rings. The third-order valence-corrected chi connectivity index (χ3v) is 5.26. The topological polar surface area (TPSA) is 62.4 Å². The lowest BCUT2D eigenvalue weighted by Gasteiger charge is -2.44. The first-order chi connectivity index (χ1) is 10.8. The molecule has 5 heteroatoms. The Hall–Kier alpha value is -0.810. The number of hydrogen-bond donors (Lipinski definition) is 3. The van der Waals surface area contributed by atoms with Gasteiger partial charge >= 0.3 is 6.09 Å². The maximum absolute atomic E-state index is 12.0. The van der Waals surface area contributed by atoms with E-state index in [2.05, 4.69) is 22.9 Å². The van der Waals surface area contributed by atoms with Gasteiger partial charge in [0.2, 0.25) is 0 Å². The van der Waals surface area contributed by atoms with Crippen LogP contribution in [0.5, 0.6) is 0 Å². The number of rotatable bonds is 5. The highest BCUT2D eigenvalue weighted by Gasteiger charge is 2.39. The fraction of sp³-hybridized carbons (Fsp3) is 0.944. The van der Waals surface area contributed by atoms with E-state index in [4.69, 9.17) is 4.74 Å². The molecule has 134 valence electrons. The summed E-state index contributed by atoms with van der Waals surface area (Å²) in [4.78, 5) is 12.0. The second-order valence-electron chi connectivity index (χ2n) is 8.33. The lowest BCUT2D eigenvalue weighted by Crippen LogP contribution is -2.61. The molecule has 2 fully saturated rings. The zero-order valence-corrected chi connectivity index (χ0v) is 15.3. The van der Waals surface area contributed by atoms with Gasteiger partial charge in [0.05, 0.1) is 0 Å². The molecule has 3 N–H and O–H groups in total. The van der Waals surface area contributed by atoms with Gasteiger partial charge in [-0.1, -0.05) is 19.8 Å². The molecule has 23 heavy (non-hydrogen) atoms. The van der Waals surface area contributed by atoms with Crippen LogP contribution in [-0.4, -0.2) is 42.9 Å². The fourth-order valence-electron chi connectivity index (χ4n) is 3.80. The van der Waals surface area contributed by atoms with E-state index < -0.39 is 5.60 Å². The van der Waals surface area contributed by atoms with Gasteiger partial charge in [0.15, 0.2) is 0 Å². The minimum atomic E-state index is -0.448. The average Bonchev–Trinajstić information content (AvgIpc) is 2.97. The van der Waals surface area contributed by atoms with E-state index >= 15 is 0 Å². The molecule has 1 saturated heterocycles. The van der Waals surface area contributed by atoms with Gasteiger partial charge in [0.25, 0.3) is 0 Å². The number of amides is 1. The van der Waals surface area contributed by atoms with Crippen molar-refractivity contribution in [2.45, 2.75) is 83.4 Å². The zero-order chi connectivity index (χ0) is 16.9. The summed E-state index contributed by atoms with van der Waals surface area (Å²) in [7, 11) is 0. The highest BCUT2D eigenvalue weighted by molar-refractivity contribution is 5.67. The predicted molar refractivity (Wildman–Crippen MR) is 93.6 cm³/mol. The molecule has 1 saturated carbocycles. The molecule has 3 unspecified atom stereocenters. The summed E-state index contributed by atoms with van der Waals surface area (Å²) in [6.07, 6.45) is 7.07. The van der Waals surface area contributed by atoms with Crippen molar-refractivity contribution >= 4 is 6.09 Å². The van der Waals surface area contributed by atoms with E-state index in [0.717, 1.165) is 19.5 Å². The van der Waals surface area contributed by atoms with Crippen molar-refractivity contribution in [2.24, 2.45) is 5.92 Å². The highest BCUT2D eigenvalue weighted by atomic mass is 16.6. The van der Waals surface area contributed by atoms with Crippen LogP contribution in [0.2, 0.25) is 0 Å². The Morgan fingerprint density at radius 1 is 1.26 bits per heavy atom. The number of hydrogen-bond acceptors (Lipinski definition) is 4. The first-order valence-corrected chi connectivity index (χ1v) is 9.26. The van der Waals surface area contributed by atoms with Crippen molar-refractivity contribution in [3.05, 3.63) is 0 Å². The molecule has 0 aromatic rings. The fourth-order valence-corrected chi connectivity index (χ4v) is 3.80. The molecule has 1 aliphatic carbocycles. The van der Waals surface area contributed by atoms with Crippen LogP contribution in [0, 0.1) is 5.92 Å². The SMILES string of the molecule is CC1CCCCC1(CNC(=O)OC(C)(C)C)NCC1CCCN1. The van der Waals surface area contributed by atoms with Gasteiger partial charge in [-0.2, -0.15) is 0 Å². The van der Waals surface area contributed by atoms with Crippen molar-refractivity contribution in [3.8, 4) is 0 Å². The molecule has 0 radical (unpaired) electrons. The molecule has 1 aliphatic heterocycles. The normalized spacial score (nSPS) is 31.8. The Kier molecular flexibility index (Phi) is 6.32. The number of carbonyl (C=O) groups excluding carboxylic acids is 1. The van der Waals surface area contributed by atoms with E-state index in [1.165, 1.54) is 32.1 Å². The lowest BCUT2D eigenvalue weighted by atomic mass is 9.73. The first-order valence-electron chi connectivity index (χ1n) is 9.26. The molecule has 0 spiro atoms. The van der Waals surface area contributed by atoms with E-state index in [1.807, 2.05) is 20.8 Å². The molecular formula is C18H35N3O2. The van der Waals surface area contributed by atoms with Gasteiger partial charge in [-0.05, 0) is 58.9 Å². The van der Waals surface area contributed by atoms with Crippen molar-refractivity contribution in [2.75, 3.05) is 19.6 Å². The largest absolute Gasteiger partial charge is 0.444 e. The maximum Gasteiger partial charge on any atom is 0.407 e. The number of carbonyl (C=O) groups is 1. The Morgan fingerprint density at radius 2 is 2.04 bits per heavy atom. The lowest BCUT2D eigenvalue weighted by molar-refractivity contribution is 0.0479. The van der Waals surface area contributed by atoms with Crippen LogP contribution in [0.15, 0.2) is 0 Å². The van der Waals surface area contributed by atoms with Gasteiger partial charge in [0, 0.05) is 24.7 Å². The van der Waals surface area contributed by atoms with Crippen molar-refractivity contribution in [1.82, 2.24) is 16.0 Å². The molecule has 0 aromatic carbocycles. The van der Waals surface area contributed by atoms with E-state index in [1.54, 1.807) is 0 Å². The van der Waals surface area contributed by atoms with Crippen LogP contribution >= 0.6 is 0 Å². The van der Waals surface area contributed by atoms with Crippen molar-refractivity contribution in [1.29, 1.82) is 0 Å². The summed E-state index contributed by atoms with van der Waals surface area (Å²) in [5, 5.41) is 10.4. The van der Waals surface area contributed by atoms with E-state index in [9.17, 15) is 4.79 Å². The highest BCUT2D eigenvalue weighted by Crippen LogP contribution is 2.33. The van der Waals surface area contributed by atoms with Gasteiger partial charge in [0.1, 0.15) is 5.60 Å². The van der Waals surface area contributed by atoms with Gasteiger partial charge < -0.3 is 20.7 Å². The van der Waals surface area contributed by atoms with Crippen LogP contribution in [0.4, 0.5) is 4.79 Å². The third-order valence-electron chi connectivity index (χ3n) is 5.26. The molecular weight excluding hydrogens is 290 g/mol. The first kappa shape index (κ1) is 18.5. The number of nitrogens with one attached hydrogen (secondary N) is 3. The Balaban J connectivity index is 1.91. The average molecular weight is 325 g/mol. The smallest absolute Gasteiger partial charge is 0.407 e. The molecule has 2 rings (SSSR count). The summed E-state index contributed by atoms with van der Waals surface area (Å²) < 4.78 is 5.40. The van der Waals surface area contributed by atoms with Crippen LogP contribution in [0.1, 0.15) is 66.2 Å². The van der Waals surface area contributed by atoms with Crippen molar-refractivity contribution in [3.63, 3.8) is 0 Å². The number of alkyl carbamates (subject to hydrolysis) is 1. The monoisotopic (exact) mass is 325 g/mol. The zero-order valence-electron chi connectivity index (χ0n) is 15.3. The minimum absolute atomic E-state index is 0.000571. The molecule has 3 atom stereocenters. The molecule has 1 amide bonds. The summed E-state index contributed by atoms with van der Waals surface area (Å²) in [6, 6.07) is 0.572. The molecule has 0 bridgehead atoms. The second-order valence-corrected chi connectivity index (χ2v) is 8.33. The molecule has 0 aromatic heterocycles. The van der Waals surface area contributed by atoms with Crippen LogP contribution in [0.3, 0.4) is 0 Å². The quantitative estimate of drug-likeness (QED) is 0.727. The Morgan fingerprint density at radius 3 is 2.65 bits per heavy atom.